The van der Waals surface area contributed by atoms with E-state index in [9.17, 15) is 0 Å². The van der Waals surface area contributed by atoms with E-state index >= 15 is 0 Å². The zero-order chi connectivity index (χ0) is 13.2. The number of anilines is 1. The maximum atomic E-state index is 5.95. The molecule has 1 saturated heterocycles. The van der Waals surface area contributed by atoms with E-state index in [0.717, 1.165) is 30.1 Å². The molecule has 0 N–H and O–H groups in total. The monoisotopic (exact) mass is 278 g/mol. The number of piperazine rings is 1. The quantitative estimate of drug-likeness (QED) is 0.815. The van der Waals surface area contributed by atoms with Gasteiger partial charge in [0.2, 0.25) is 0 Å². The molecule has 3 rings (SSSR count). The summed E-state index contributed by atoms with van der Waals surface area (Å²) in [6.45, 7) is 7.10. The average molecular weight is 279 g/mol. The Bertz CT molecular complexity index is 409. The van der Waals surface area contributed by atoms with E-state index in [0.29, 0.717) is 0 Å². The Morgan fingerprint density at radius 3 is 2.26 bits per heavy atom. The van der Waals surface area contributed by atoms with Crippen molar-refractivity contribution in [3.63, 3.8) is 0 Å². The van der Waals surface area contributed by atoms with Crippen LogP contribution in [0.15, 0.2) is 24.3 Å². The summed E-state index contributed by atoms with van der Waals surface area (Å²) < 4.78 is 0. The lowest BCUT2D eigenvalue weighted by molar-refractivity contribution is 0.184. The Hall–Kier alpha value is -0.730. The number of benzene rings is 1. The predicted molar refractivity (Wildman–Crippen MR) is 82.0 cm³/mol. The SMILES string of the molecule is C[C@@H]1CC[C@H](N2CCN(c3ccc(Cl)cc3)CC2)C1. The minimum absolute atomic E-state index is 0.822. The van der Waals surface area contributed by atoms with Crippen LogP contribution in [0.2, 0.25) is 5.02 Å². The van der Waals surface area contributed by atoms with Gasteiger partial charge in [0.05, 0.1) is 0 Å². The second-order valence-electron chi connectivity index (χ2n) is 6.07. The van der Waals surface area contributed by atoms with E-state index < -0.39 is 0 Å². The lowest BCUT2D eigenvalue weighted by atomic mass is 10.1. The molecule has 3 heteroatoms. The van der Waals surface area contributed by atoms with Crippen LogP contribution >= 0.6 is 11.6 Å². The Balaban J connectivity index is 1.56. The van der Waals surface area contributed by atoms with Crippen molar-refractivity contribution in [1.29, 1.82) is 0 Å². The summed E-state index contributed by atoms with van der Waals surface area (Å²) in [6.07, 6.45) is 4.23. The van der Waals surface area contributed by atoms with Crippen molar-refractivity contribution < 1.29 is 0 Å². The fraction of sp³-hybridized carbons (Fsp3) is 0.625. The first kappa shape index (κ1) is 13.3. The number of hydrogen-bond acceptors (Lipinski definition) is 2. The average Bonchev–Trinajstić information content (AvgIpc) is 2.87. The number of halogens is 1. The van der Waals surface area contributed by atoms with Gasteiger partial charge in [0, 0.05) is 42.9 Å². The minimum Gasteiger partial charge on any atom is -0.369 e. The normalized spacial score (nSPS) is 28.8. The summed E-state index contributed by atoms with van der Waals surface area (Å²) in [5.41, 5.74) is 1.31. The van der Waals surface area contributed by atoms with Crippen LogP contribution < -0.4 is 4.90 Å². The highest BCUT2D eigenvalue weighted by atomic mass is 35.5. The summed E-state index contributed by atoms with van der Waals surface area (Å²) in [4.78, 5) is 5.18. The molecule has 19 heavy (non-hydrogen) atoms. The molecule has 1 aromatic rings. The third kappa shape index (κ3) is 3.06. The molecular weight excluding hydrogens is 256 g/mol. The van der Waals surface area contributed by atoms with Gasteiger partial charge >= 0.3 is 0 Å². The molecule has 2 fully saturated rings. The number of nitrogens with zero attached hydrogens (tertiary/aromatic N) is 2. The van der Waals surface area contributed by atoms with Crippen molar-refractivity contribution in [2.45, 2.75) is 32.2 Å². The first-order valence-corrected chi connectivity index (χ1v) is 7.85. The summed E-state index contributed by atoms with van der Waals surface area (Å²) >= 11 is 5.95. The third-order valence-corrected chi connectivity index (χ3v) is 4.94. The Labute approximate surface area is 121 Å². The second-order valence-corrected chi connectivity index (χ2v) is 6.51. The molecule has 1 heterocycles. The molecule has 0 aromatic heterocycles. The van der Waals surface area contributed by atoms with Crippen LogP contribution in [-0.4, -0.2) is 37.1 Å². The van der Waals surface area contributed by atoms with E-state index in [1.807, 2.05) is 12.1 Å². The summed E-state index contributed by atoms with van der Waals surface area (Å²) in [5, 5.41) is 0.822. The van der Waals surface area contributed by atoms with Crippen LogP contribution in [0.3, 0.4) is 0 Å². The molecule has 2 atom stereocenters. The fourth-order valence-electron chi connectivity index (χ4n) is 3.51. The molecule has 2 aliphatic rings. The van der Waals surface area contributed by atoms with Crippen molar-refractivity contribution in [1.82, 2.24) is 4.90 Å². The molecule has 0 unspecified atom stereocenters. The molecule has 0 amide bonds. The van der Waals surface area contributed by atoms with Gasteiger partial charge < -0.3 is 4.90 Å². The maximum Gasteiger partial charge on any atom is 0.0407 e. The summed E-state index contributed by atoms with van der Waals surface area (Å²) in [5.74, 6) is 0.930. The van der Waals surface area contributed by atoms with Crippen molar-refractivity contribution in [3.05, 3.63) is 29.3 Å². The van der Waals surface area contributed by atoms with Gasteiger partial charge in [-0.3, -0.25) is 4.90 Å². The number of hydrogen-bond donors (Lipinski definition) is 0. The molecule has 0 radical (unpaired) electrons. The lowest BCUT2D eigenvalue weighted by Crippen LogP contribution is -2.49. The third-order valence-electron chi connectivity index (χ3n) is 4.69. The van der Waals surface area contributed by atoms with Gasteiger partial charge in [-0.15, -0.1) is 0 Å². The molecule has 1 aliphatic heterocycles. The van der Waals surface area contributed by atoms with E-state index in [-0.39, 0.29) is 0 Å². The van der Waals surface area contributed by atoms with Gasteiger partial charge in [0.1, 0.15) is 0 Å². The Morgan fingerprint density at radius 2 is 1.68 bits per heavy atom. The molecule has 1 aliphatic carbocycles. The molecular formula is C16H23ClN2. The molecule has 0 bridgehead atoms. The van der Waals surface area contributed by atoms with Crippen molar-refractivity contribution >= 4 is 17.3 Å². The van der Waals surface area contributed by atoms with Gasteiger partial charge in [0.15, 0.2) is 0 Å². The zero-order valence-corrected chi connectivity index (χ0v) is 12.4. The molecule has 2 nitrogen and oxygen atoms in total. The first-order chi connectivity index (χ1) is 9.22. The standard InChI is InChI=1S/C16H23ClN2/c1-13-2-5-16(12-13)19-10-8-18(9-11-19)15-6-3-14(17)4-7-15/h3-4,6-7,13,16H,2,5,8-12H2,1H3/t13-,16+/m1/s1. The van der Waals surface area contributed by atoms with E-state index in [1.165, 1.54) is 38.0 Å². The first-order valence-electron chi connectivity index (χ1n) is 7.47. The van der Waals surface area contributed by atoms with Gasteiger partial charge in [-0.2, -0.15) is 0 Å². The largest absolute Gasteiger partial charge is 0.369 e. The Kier molecular flexibility index (Phi) is 3.99. The maximum absolute atomic E-state index is 5.95. The van der Waals surface area contributed by atoms with Gasteiger partial charge in [-0.25, -0.2) is 0 Å². The topological polar surface area (TPSA) is 6.48 Å². The molecule has 1 saturated carbocycles. The van der Waals surface area contributed by atoms with Crippen LogP contribution in [0.25, 0.3) is 0 Å². The van der Waals surface area contributed by atoms with Crippen molar-refractivity contribution in [2.75, 3.05) is 31.1 Å². The van der Waals surface area contributed by atoms with Crippen molar-refractivity contribution in [3.8, 4) is 0 Å². The number of rotatable bonds is 2. The summed E-state index contributed by atoms with van der Waals surface area (Å²) in [7, 11) is 0. The van der Waals surface area contributed by atoms with Gasteiger partial charge in [-0.1, -0.05) is 18.5 Å². The van der Waals surface area contributed by atoms with Crippen molar-refractivity contribution in [2.24, 2.45) is 5.92 Å². The molecule has 0 spiro atoms. The van der Waals surface area contributed by atoms with E-state index in [1.54, 1.807) is 0 Å². The van der Waals surface area contributed by atoms with E-state index in [4.69, 9.17) is 11.6 Å². The summed E-state index contributed by atoms with van der Waals surface area (Å²) in [6, 6.07) is 9.09. The van der Waals surface area contributed by atoms with E-state index in [2.05, 4.69) is 28.9 Å². The highest BCUT2D eigenvalue weighted by molar-refractivity contribution is 6.30. The van der Waals surface area contributed by atoms with Crippen LogP contribution in [0.4, 0.5) is 5.69 Å². The van der Waals surface area contributed by atoms with Crippen LogP contribution in [0.5, 0.6) is 0 Å². The Morgan fingerprint density at radius 1 is 1.00 bits per heavy atom. The van der Waals surface area contributed by atoms with Gasteiger partial charge in [0.25, 0.3) is 0 Å². The highest BCUT2D eigenvalue weighted by Gasteiger charge is 2.29. The molecule has 1 aromatic carbocycles. The van der Waals surface area contributed by atoms with Crippen LogP contribution in [0, 0.1) is 5.92 Å². The second kappa shape index (κ2) is 5.72. The van der Waals surface area contributed by atoms with Crippen LogP contribution in [0.1, 0.15) is 26.2 Å². The fourth-order valence-corrected chi connectivity index (χ4v) is 3.63. The smallest absolute Gasteiger partial charge is 0.0407 e. The molecule has 104 valence electrons. The highest BCUT2D eigenvalue weighted by Crippen LogP contribution is 2.30. The van der Waals surface area contributed by atoms with Crippen LogP contribution in [-0.2, 0) is 0 Å². The predicted octanol–water partition coefficient (Wildman–Crippen LogP) is 3.65. The lowest BCUT2D eigenvalue weighted by Gasteiger charge is -2.39. The minimum atomic E-state index is 0.822. The zero-order valence-electron chi connectivity index (χ0n) is 11.7. The van der Waals surface area contributed by atoms with Gasteiger partial charge in [-0.05, 0) is 49.4 Å².